The molecular formula is C44H56F9N7O4. The number of piperidine rings is 1. The summed E-state index contributed by atoms with van der Waals surface area (Å²) in [6, 6.07) is 1.97. The van der Waals surface area contributed by atoms with E-state index in [1.54, 1.807) is 14.7 Å². The number of carbonyl (C=O) groups excluding carboxylic acids is 3. The minimum atomic E-state index is -1.24. The topological polar surface area (TPSA) is 151 Å². The molecule has 3 aromatic rings. The van der Waals surface area contributed by atoms with Crippen molar-refractivity contribution >= 4 is 17.7 Å². The number of morpholine rings is 1. The molecule has 0 bridgehead atoms. The van der Waals surface area contributed by atoms with E-state index in [2.05, 4.69) is 4.90 Å². The number of amides is 3. The van der Waals surface area contributed by atoms with E-state index >= 15 is 0 Å². The lowest BCUT2D eigenvalue weighted by Gasteiger charge is -2.33. The zero-order valence-electron chi connectivity index (χ0n) is 35.7. The van der Waals surface area contributed by atoms with E-state index in [4.69, 9.17) is 21.9 Å². The van der Waals surface area contributed by atoms with Crippen LogP contribution in [0.25, 0.3) is 0 Å². The van der Waals surface area contributed by atoms with Crippen molar-refractivity contribution < 1.29 is 58.6 Å². The number of benzene rings is 3. The molecule has 3 aromatic carbocycles. The van der Waals surface area contributed by atoms with E-state index < -0.39 is 70.5 Å². The third-order valence-corrected chi connectivity index (χ3v) is 11.0. The molecule has 6 N–H and O–H groups in total. The first-order valence-electron chi connectivity index (χ1n) is 21.1. The molecule has 6 rings (SSSR count). The summed E-state index contributed by atoms with van der Waals surface area (Å²) >= 11 is 0. The molecule has 0 aromatic heterocycles. The second kappa shape index (κ2) is 25.1. The largest absolute Gasteiger partial charge is 0.378 e. The number of piperazine rings is 1. The Hall–Kier alpha value is -4.76. The van der Waals surface area contributed by atoms with Gasteiger partial charge in [-0.15, -0.1) is 0 Å². The number of likely N-dealkylation sites (tertiary alicyclic amines) is 1. The van der Waals surface area contributed by atoms with Gasteiger partial charge in [0.1, 0.15) is 17.5 Å². The highest BCUT2D eigenvalue weighted by atomic mass is 19.2. The van der Waals surface area contributed by atoms with Crippen molar-refractivity contribution in [1.29, 1.82) is 0 Å². The highest BCUT2D eigenvalue weighted by Gasteiger charge is 2.24. The first-order valence-corrected chi connectivity index (χ1v) is 21.1. The zero-order valence-corrected chi connectivity index (χ0v) is 35.7. The molecule has 3 heterocycles. The summed E-state index contributed by atoms with van der Waals surface area (Å²) in [5, 5.41) is 0. The van der Waals surface area contributed by atoms with Crippen molar-refractivity contribution in [3.05, 3.63) is 105 Å². The van der Waals surface area contributed by atoms with Crippen LogP contribution in [0.15, 0.2) is 36.4 Å². The highest BCUT2D eigenvalue weighted by molar-refractivity contribution is 5.78. The number of rotatable bonds is 12. The molecule has 20 heteroatoms. The number of likely N-dealkylation sites (N-methyl/N-ethyl adjacent to an activating group) is 1. The molecule has 64 heavy (non-hydrogen) atoms. The van der Waals surface area contributed by atoms with Gasteiger partial charge in [0.25, 0.3) is 0 Å². The molecule has 3 saturated heterocycles. The van der Waals surface area contributed by atoms with Crippen LogP contribution in [-0.4, -0.2) is 128 Å². The maximum atomic E-state index is 13.6. The lowest BCUT2D eigenvalue weighted by molar-refractivity contribution is -0.135. The van der Waals surface area contributed by atoms with E-state index in [-0.39, 0.29) is 72.9 Å². The Morgan fingerprint density at radius 3 is 1.09 bits per heavy atom. The molecule has 3 fully saturated rings. The molecule has 0 radical (unpaired) electrons. The lowest BCUT2D eigenvalue weighted by Crippen LogP contribution is -2.48. The Kier molecular flexibility index (Phi) is 20.3. The number of nitrogens with two attached hydrogens (primary N) is 3. The predicted molar refractivity (Wildman–Crippen MR) is 220 cm³/mol. The van der Waals surface area contributed by atoms with E-state index in [0.29, 0.717) is 57.6 Å². The molecule has 11 nitrogen and oxygen atoms in total. The molecule has 3 amide bonds. The van der Waals surface area contributed by atoms with Crippen LogP contribution in [0, 0.1) is 52.4 Å². The summed E-state index contributed by atoms with van der Waals surface area (Å²) in [6.45, 7) is 6.32. The third kappa shape index (κ3) is 16.3. The first-order chi connectivity index (χ1) is 30.3. The van der Waals surface area contributed by atoms with Crippen LogP contribution in [0.3, 0.4) is 0 Å². The van der Waals surface area contributed by atoms with Gasteiger partial charge in [0.15, 0.2) is 34.9 Å². The molecule has 3 aliphatic rings. The smallest absolute Gasteiger partial charge is 0.224 e. The Labute approximate surface area is 366 Å². The SMILES string of the molecule is CN1CCN(C(=O)C[C@H](N)Cc2cc(F)c(F)cc2F)CC1.N[C@@H](CC(=O)N1CCCCC1)Cc1cc(F)c(F)cc1F.N[C@@H](CC(=O)N1CCOCC1)Cc1cc(F)c(F)cc1F. The van der Waals surface area contributed by atoms with Gasteiger partial charge in [-0.05, 0) is 80.5 Å². The van der Waals surface area contributed by atoms with Gasteiger partial charge in [-0.1, -0.05) is 0 Å². The van der Waals surface area contributed by atoms with Crippen LogP contribution in [0.1, 0.15) is 55.2 Å². The molecule has 0 unspecified atom stereocenters. The average molecular weight is 918 g/mol. The number of nitrogens with zero attached hydrogens (tertiary/aromatic N) is 4. The Balaban J connectivity index is 0.000000210. The van der Waals surface area contributed by atoms with Gasteiger partial charge < -0.3 is 41.5 Å². The van der Waals surface area contributed by atoms with Gasteiger partial charge in [-0.3, -0.25) is 14.4 Å². The van der Waals surface area contributed by atoms with Crippen molar-refractivity contribution in [3.8, 4) is 0 Å². The summed E-state index contributed by atoms with van der Waals surface area (Å²) in [6.07, 6.45) is 3.22. The lowest BCUT2D eigenvalue weighted by atomic mass is 10.0. The van der Waals surface area contributed by atoms with Crippen LogP contribution in [0.2, 0.25) is 0 Å². The van der Waals surface area contributed by atoms with Crippen LogP contribution < -0.4 is 17.2 Å². The fraction of sp³-hybridized carbons (Fsp3) is 0.523. The first kappa shape index (κ1) is 51.9. The quantitative estimate of drug-likeness (QED) is 0.174. The average Bonchev–Trinajstić information content (AvgIpc) is 3.25. The van der Waals surface area contributed by atoms with Crippen molar-refractivity contribution in [2.75, 3.05) is 72.6 Å². The van der Waals surface area contributed by atoms with Crippen LogP contribution in [0.5, 0.6) is 0 Å². The van der Waals surface area contributed by atoms with E-state index in [9.17, 15) is 53.9 Å². The molecular weight excluding hydrogens is 862 g/mol. The number of halogens is 9. The minimum Gasteiger partial charge on any atom is -0.378 e. The van der Waals surface area contributed by atoms with Gasteiger partial charge in [-0.25, -0.2) is 39.5 Å². The normalized spacial score (nSPS) is 17.1. The molecule has 3 atom stereocenters. The summed E-state index contributed by atoms with van der Waals surface area (Å²) in [7, 11) is 1.99. The van der Waals surface area contributed by atoms with Gasteiger partial charge in [0, 0.05) is 108 Å². The van der Waals surface area contributed by atoms with Gasteiger partial charge >= 0.3 is 0 Å². The van der Waals surface area contributed by atoms with E-state index in [0.717, 1.165) is 63.6 Å². The van der Waals surface area contributed by atoms with Crippen LogP contribution >= 0.6 is 0 Å². The van der Waals surface area contributed by atoms with Gasteiger partial charge in [0.2, 0.25) is 17.7 Å². The fourth-order valence-electron chi connectivity index (χ4n) is 7.30. The monoisotopic (exact) mass is 917 g/mol. The Bertz CT molecular complexity index is 1940. The van der Waals surface area contributed by atoms with Crippen molar-refractivity contribution in [3.63, 3.8) is 0 Å². The standard InChI is InChI=1S/C15H20F3N3O.C15H19F3N2O.C14H17F3N2O2/c1-20-2-4-21(5-3-20)15(22)8-11(19)6-10-7-13(17)14(18)9-12(10)16;16-12-9-14(18)13(17)7-10(12)6-11(19)8-15(21)20-4-2-1-3-5-20;15-11-8-13(17)12(16)6-9(11)5-10(18)7-14(20)19-1-3-21-4-2-19/h7,9,11H,2-6,8,19H2,1H3;7,9,11H,1-6,8,19H2;6,8,10H,1-5,7,18H2/t2*11-;10-/m111/s1. The molecule has 0 aliphatic carbocycles. The third-order valence-electron chi connectivity index (χ3n) is 11.0. The zero-order chi connectivity index (χ0) is 47.1. The second-order valence-electron chi connectivity index (χ2n) is 16.2. The van der Waals surface area contributed by atoms with Gasteiger partial charge in [-0.2, -0.15) is 0 Å². The summed E-state index contributed by atoms with van der Waals surface area (Å²) in [5.41, 5.74) is 17.5. The summed E-state index contributed by atoms with van der Waals surface area (Å²) in [5.74, 6) is -9.90. The molecule has 354 valence electrons. The Morgan fingerprint density at radius 2 is 0.750 bits per heavy atom. The molecule has 3 aliphatic heterocycles. The summed E-state index contributed by atoms with van der Waals surface area (Å²) < 4.78 is 124. The van der Waals surface area contributed by atoms with E-state index in [1.807, 2.05) is 7.05 Å². The highest BCUT2D eigenvalue weighted by Crippen LogP contribution is 2.20. The molecule has 0 saturated carbocycles. The fourth-order valence-corrected chi connectivity index (χ4v) is 7.30. The van der Waals surface area contributed by atoms with Crippen LogP contribution in [0.4, 0.5) is 39.5 Å². The predicted octanol–water partition coefficient (Wildman–Crippen LogP) is 4.74. The van der Waals surface area contributed by atoms with Crippen molar-refractivity contribution in [2.24, 2.45) is 17.2 Å². The number of carbonyl (C=O) groups is 3. The number of ether oxygens (including phenoxy) is 1. The Morgan fingerprint density at radius 1 is 0.453 bits per heavy atom. The van der Waals surface area contributed by atoms with E-state index in [1.165, 1.54) is 0 Å². The van der Waals surface area contributed by atoms with Crippen LogP contribution in [-0.2, 0) is 38.4 Å². The van der Waals surface area contributed by atoms with Crippen molar-refractivity contribution in [2.45, 2.75) is 75.9 Å². The van der Waals surface area contributed by atoms with Gasteiger partial charge in [0.05, 0.1) is 13.2 Å². The maximum absolute atomic E-state index is 13.6. The molecule has 0 spiro atoms. The van der Waals surface area contributed by atoms with Crippen molar-refractivity contribution in [1.82, 2.24) is 19.6 Å². The summed E-state index contributed by atoms with van der Waals surface area (Å²) in [4.78, 5) is 43.3. The number of hydrogen-bond acceptors (Lipinski definition) is 8. The number of hydrogen-bond donors (Lipinski definition) is 3. The minimum absolute atomic E-state index is 0.00259. The maximum Gasteiger partial charge on any atom is 0.224 e. The second-order valence-corrected chi connectivity index (χ2v) is 16.2.